The van der Waals surface area contributed by atoms with Gasteiger partial charge in [0.05, 0.1) is 0 Å². The Hall–Kier alpha value is -0.860. The Morgan fingerprint density at radius 2 is 2.23 bits per heavy atom. The van der Waals surface area contributed by atoms with Gasteiger partial charge in [-0.2, -0.15) is 0 Å². The summed E-state index contributed by atoms with van der Waals surface area (Å²) in [6, 6.07) is 0. The zero-order valence-electron chi connectivity index (χ0n) is 8.36. The minimum absolute atomic E-state index is 0.553. The van der Waals surface area contributed by atoms with Gasteiger partial charge in [-0.3, -0.25) is 0 Å². The third-order valence-electron chi connectivity index (χ3n) is 1.41. The molecule has 0 spiro atoms. The standard InChI is InChI=1S/C11H18O2/c1-4-6-7-8-10(3)11(12)13-9-5-2/h4,6-8,11-12H,3,5,9H2,1-2H3/b6-4-,8-7-. The van der Waals surface area contributed by atoms with E-state index >= 15 is 0 Å². The van der Waals surface area contributed by atoms with Gasteiger partial charge < -0.3 is 9.84 Å². The van der Waals surface area contributed by atoms with Crippen LogP contribution in [0.4, 0.5) is 0 Å². The van der Waals surface area contributed by atoms with E-state index in [1.54, 1.807) is 6.08 Å². The number of hydrogen-bond acceptors (Lipinski definition) is 2. The second kappa shape index (κ2) is 7.77. The molecule has 2 heteroatoms. The summed E-state index contributed by atoms with van der Waals surface area (Å²) < 4.78 is 5.06. The van der Waals surface area contributed by atoms with E-state index in [-0.39, 0.29) is 0 Å². The first kappa shape index (κ1) is 12.1. The lowest BCUT2D eigenvalue weighted by atomic mass is 10.2. The predicted molar refractivity (Wildman–Crippen MR) is 55.3 cm³/mol. The number of allylic oxidation sites excluding steroid dienone is 3. The number of hydrogen-bond donors (Lipinski definition) is 1. The third-order valence-corrected chi connectivity index (χ3v) is 1.41. The van der Waals surface area contributed by atoms with Crippen molar-refractivity contribution < 1.29 is 9.84 Å². The average molecular weight is 182 g/mol. The van der Waals surface area contributed by atoms with Crippen molar-refractivity contribution in [2.45, 2.75) is 26.6 Å². The third kappa shape index (κ3) is 6.31. The van der Waals surface area contributed by atoms with E-state index in [1.165, 1.54) is 0 Å². The van der Waals surface area contributed by atoms with Gasteiger partial charge in [-0.1, -0.05) is 37.8 Å². The molecule has 0 aliphatic heterocycles. The highest BCUT2D eigenvalue weighted by molar-refractivity contribution is 5.20. The van der Waals surface area contributed by atoms with E-state index in [0.717, 1.165) is 6.42 Å². The summed E-state index contributed by atoms with van der Waals surface area (Å²) in [7, 11) is 0. The second-order valence-corrected chi connectivity index (χ2v) is 2.68. The summed E-state index contributed by atoms with van der Waals surface area (Å²) in [5.41, 5.74) is 0.576. The molecule has 1 atom stereocenters. The molecule has 0 amide bonds. The van der Waals surface area contributed by atoms with Crippen LogP contribution in [0, 0.1) is 0 Å². The van der Waals surface area contributed by atoms with Crippen LogP contribution in [0.3, 0.4) is 0 Å². The molecule has 0 heterocycles. The molecule has 0 aromatic heterocycles. The van der Waals surface area contributed by atoms with Crippen LogP contribution in [0.5, 0.6) is 0 Å². The maximum atomic E-state index is 9.35. The second-order valence-electron chi connectivity index (χ2n) is 2.68. The largest absolute Gasteiger partial charge is 0.364 e. The zero-order chi connectivity index (χ0) is 10.1. The van der Waals surface area contributed by atoms with Crippen LogP contribution in [0.2, 0.25) is 0 Å². The Balaban J connectivity index is 3.81. The molecule has 0 fully saturated rings. The van der Waals surface area contributed by atoms with Gasteiger partial charge in [0.25, 0.3) is 0 Å². The predicted octanol–water partition coefficient (Wildman–Crippen LogP) is 2.42. The number of aliphatic hydroxyl groups is 1. The van der Waals surface area contributed by atoms with Crippen LogP contribution in [-0.2, 0) is 4.74 Å². The molecule has 1 unspecified atom stereocenters. The van der Waals surface area contributed by atoms with Gasteiger partial charge in [-0.25, -0.2) is 0 Å². The summed E-state index contributed by atoms with van der Waals surface area (Å²) >= 11 is 0. The van der Waals surface area contributed by atoms with Crippen molar-refractivity contribution in [2.75, 3.05) is 6.61 Å². The molecule has 0 saturated heterocycles. The molecule has 0 bridgehead atoms. The summed E-state index contributed by atoms with van der Waals surface area (Å²) in [6.45, 7) is 8.16. The lowest BCUT2D eigenvalue weighted by Crippen LogP contribution is -2.13. The molecule has 0 aromatic carbocycles. The van der Waals surface area contributed by atoms with Crippen molar-refractivity contribution in [3.8, 4) is 0 Å². The van der Waals surface area contributed by atoms with Gasteiger partial charge >= 0.3 is 0 Å². The molecule has 74 valence electrons. The minimum Gasteiger partial charge on any atom is -0.364 e. The van der Waals surface area contributed by atoms with Gasteiger partial charge in [0.1, 0.15) is 0 Å². The van der Waals surface area contributed by atoms with Gasteiger partial charge in [0.15, 0.2) is 6.29 Å². The molecule has 0 aliphatic carbocycles. The fourth-order valence-electron chi connectivity index (χ4n) is 0.709. The Morgan fingerprint density at radius 1 is 1.54 bits per heavy atom. The smallest absolute Gasteiger partial charge is 0.180 e. The zero-order valence-corrected chi connectivity index (χ0v) is 8.36. The van der Waals surface area contributed by atoms with Crippen LogP contribution in [0.25, 0.3) is 0 Å². The molecular weight excluding hydrogens is 164 g/mol. The average Bonchev–Trinajstić information content (AvgIpc) is 2.14. The molecule has 0 saturated carbocycles. The highest BCUT2D eigenvalue weighted by atomic mass is 16.6. The normalized spacial score (nSPS) is 14.1. The van der Waals surface area contributed by atoms with Gasteiger partial charge in [-0.05, 0) is 13.3 Å². The maximum Gasteiger partial charge on any atom is 0.180 e. The highest BCUT2D eigenvalue weighted by Gasteiger charge is 2.03. The molecule has 13 heavy (non-hydrogen) atoms. The summed E-state index contributed by atoms with van der Waals surface area (Å²) in [5.74, 6) is 0. The first-order valence-electron chi connectivity index (χ1n) is 4.50. The maximum absolute atomic E-state index is 9.35. The van der Waals surface area contributed by atoms with Crippen molar-refractivity contribution in [2.24, 2.45) is 0 Å². The van der Waals surface area contributed by atoms with Crippen molar-refractivity contribution in [1.82, 2.24) is 0 Å². The molecule has 0 aromatic rings. The van der Waals surface area contributed by atoms with Crippen LogP contribution >= 0.6 is 0 Å². The fraction of sp³-hybridized carbons (Fsp3) is 0.455. The lowest BCUT2D eigenvalue weighted by molar-refractivity contribution is -0.0692. The SMILES string of the molecule is C=C(/C=C\C=C/C)C(O)OCCC. The molecule has 2 nitrogen and oxygen atoms in total. The number of aliphatic hydroxyl groups excluding tert-OH is 1. The van der Waals surface area contributed by atoms with E-state index in [0.29, 0.717) is 12.2 Å². The van der Waals surface area contributed by atoms with Gasteiger partial charge in [-0.15, -0.1) is 0 Å². The molecule has 1 N–H and O–H groups in total. The summed E-state index contributed by atoms with van der Waals surface area (Å²) in [6.07, 6.45) is 7.35. The number of rotatable bonds is 6. The van der Waals surface area contributed by atoms with Crippen molar-refractivity contribution in [3.05, 3.63) is 36.5 Å². The van der Waals surface area contributed by atoms with Crippen LogP contribution in [-0.4, -0.2) is 18.0 Å². The van der Waals surface area contributed by atoms with E-state index in [1.807, 2.05) is 32.1 Å². The van der Waals surface area contributed by atoms with Crippen LogP contribution in [0.1, 0.15) is 20.3 Å². The number of ether oxygens (including phenoxy) is 1. The summed E-state index contributed by atoms with van der Waals surface area (Å²) in [5, 5.41) is 9.35. The van der Waals surface area contributed by atoms with Crippen molar-refractivity contribution >= 4 is 0 Å². The molecular formula is C11H18O2. The van der Waals surface area contributed by atoms with Gasteiger partial charge in [0.2, 0.25) is 0 Å². The molecule has 0 rings (SSSR count). The van der Waals surface area contributed by atoms with Crippen molar-refractivity contribution in [1.29, 1.82) is 0 Å². The quantitative estimate of drug-likeness (QED) is 0.505. The van der Waals surface area contributed by atoms with E-state index in [9.17, 15) is 5.11 Å². The monoisotopic (exact) mass is 182 g/mol. The van der Waals surface area contributed by atoms with E-state index in [4.69, 9.17) is 4.74 Å². The minimum atomic E-state index is -0.874. The molecule has 0 radical (unpaired) electrons. The van der Waals surface area contributed by atoms with Crippen molar-refractivity contribution in [3.63, 3.8) is 0 Å². The Kier molecular flexibility index (Phi) is 7.26. The van der Waals surface area contributed by atoms with E-state index < -0.39 is 6.29 Å². The highest BCUT2D eigenvalue weighted by Crippen LogP contribution is 2.03. The fourth-order valence-corrected chi connectivity index (χ4v) is 0.709. The molecule has 0 aliphatic rings. The van der Waals surface area contributed by atoms with Crippen LogP contribution < -0.4 is 0 Å². The topological polar surface area (TPSA) is 29.5 Å². The Morgan fingerprint density at radius 3 is 2.77 bits per heavy atom. The van der Waals surface area contributed by atoms with Gasteiger partial charge in [0, 0.05) is 12.2 Å². The Labute approximate surface area is 80.2 Å². The first-order valence-corrected chi connectivity index (χ1v) is 4.50. The summed E-state index contributed by atoms with van der Waals surface area (Å²) in [4.78, 5) is 0. The van der Waals surface area contributed by atoms with E-state index in [2.05, 4.69) is 6.58 Å². The first-order chi connectivity index (χ1) is 6.22. The van der Waals surface area contributed by atoms with Crippen LogP contribution in [0.15, 0.2) is 36.5 Å². The lowest BCUT2D eigenvalue weighted by Gasteiger charge is -2.10. The Bertz CT molecular complexity index is 192.